The smallest absolute Gasteiger partial charge is 0.138 e. The number of nitrogens with zero attached hydrogens (tertiary/aromatic N) is 2. The van der Waals surface area contributed by atoms with Crippen molar-refractivity contribution in [1.82, 2.24) is 9.97 Å². The van der Waals surface area contributed by atoms with Crippen molar-refractivity contribution in [2.75, 3.05) is 5.32 Å². The summed E-state index contributed by atoms with van der Waals surface area (Å²) in [7, 11) is 0. The molecule has 0 spiro atoms. The minimum Gasteiger partial charge on any atom is -0.365 e. The third-order valence-electron chi connectivity index (χ3n) is 2.67. The summed E-state index contributed by atoms with van der Waals surface area (Å²) in [5.74, 6) is 0.848. The van der Waals surface area contributed by atoms with Crippen molar-refractivity contribution in [3.63, 3.8) is 0 Å². The third-order valence-corrected chi connectivity index (χ3v) is 3.86. The first-order valence-electron chi connectivity index (χ1n) is 5.50. The quantitative estimate of drug-likeness (QED) is 0.786. The minimum absolute atomic E-state index is 0.654. The first-order valence-corrected chi connectivity index (χ1v) is 6.76. The molecule has 18 heavy (non-hydrogen) atoms. The molecule has 0 atom stereocenters. The van der Waals surface area contributed by atoms with Gasteiger partial charge in [-0.1, -0.05) is 29.8 Å². The van der Waals surface area contributed by atoms with Gasteiger partial charge in [-0.05, 0) is 23.1 Å². The molecule has 90 valence electrons. The third kappa shape index (κ3) is 2.17. The van der Waals surface area contributed by atoms with Gasteiger partial charge >= 0.3 is 0 Å². The van der Waals surface area contributed by atoms with Gasteiger partial charge in [0.1, 0.15) is 17.0 Å². The van der Waals surface area contributed by atoms with Gasteiger partial charge in [-0.3, -0.25) is 0 Å². The molecule has 3 rings (SSSR count). The zero-order valence-electron chi connectivity index (χ0n) is 9.43. The number of aromatic nitrogens is 2. The largest absolute Gasteiger partial charge is 0.365 e. The molecular formula is C13H10ClN3S. The van der Waals surface area contributed by atoms with E-state index in [-0.39, 0.29) is 0 Å². The van der Waals surface area contributed by atoms with E-state index >= 15 is 0 Å². The minimum atomic E-state index is 0.654. The van der Waals surface area contributed by atoms with Crippen molar-refractivity contribution < 1.29 is 0 Å². The van der Waals surface area contributed by atoms with Gasteiger partial charge in [0.05, 0.1) is 5.39 Å². The van der Waals surface area contributed by atoms with E-state index in [0.717, 1.165) is 26.6 Å². The topological polar surface area (TPSA) is 37.8 Å². The summed E-state index contributed by atoms with van der Waals surface area (Å²) in [4.78, 5) is 9.47. The van der Waals surface area contributed by atoms with Crippen molar-refractivity contribution in [3.05, 3.63) is 52.6 Å². The molecule has 0 aliphatic carbocycles. The second kappa shape index (κ2) is 4.92. The van der Waals surface area contributed by atoms with Gasteiger partial charge in [-0.2, -0.15) is 0 Å². The van der Waals surface area contributed by atoms with Crippen molar-refractivity contribution >= 4 is 39.0 Å². The molecule has 1 N–H and O–H groups in total. The molecule has 0 saturated heterocycles. The molecule has 0 unspecified atom stereocenters. The highest BCUT2D eigenvalue weighted by molar-refractivity contribution is 7.16. The zero-order chi connectivity index (χ0) is 12.4. The molecule has 1 aromatic carbocycles. The number of thiophene rings is 1. The van der Waals surface area contributed by atoms with Gasteiger partial charge in [0, 0.05) is 11.6 Å². The Morgan fingerprint density at radius 1 is 1.17 bits per heavy atom. The second-order valence-electron chi connectivity index (χ2n) is 3.81. The number of hydrogen-bond donors (Lipinski definition) is 1. The first-order chi connectivity index (χ1) is 8.84. The maximum Gasteiger partial charge on any atom is 0.138 e. The highest BCUT2D eigenvalue weighted by atomic mass is 35.5. The molecule has 0 aliphatic rings. The fourth-order valence-electron chi connectivity index (χ4n) is 1.75. The van der Waals surface area contributed by atoms with E-state index in [1.807, 2.05) is 35.7 Å². The highest BCUT2D eigenvalue weighted by Crippen LogP contribution is 2.24. The van der Waals surface area contributed by atoms with Crippen LogP contribution in [-0.2, 0) is 6.54 Å². The lowest BCUT2D eigenvalue weighted by atomic mass is 10.2. The van der Waals surface area contributed by atoms with Crippen LogP contribution in [-0.4, -0.2) is 9.97 Å². The van der Waals surface area contributed by atoms with Crippen molar-refractivity contribution in [1.29, 1.82) is 0 Å². The molecular weight excluding hydrogens is 266 g/mol. The van der Waals surface area contributed by atoms with Crippen LogP contribution in [0.3, 0.4) is 0 Å². The number of hydrogen-bond acceptors (Lipinski definition) is 4. The molecule has 0 saturated carbocycles. The fraction of sp³-hybridized carbons (Fsp3) is 0.0769. The van der Waals surface area contributed by atoms with Crippen LogP contribution in [0.25, 0.3) is 10.2 Å². The van der Waals surface area contributed by atoms with Gasteiger partial charge in [0.2, 0.25) is 0 Å². The average Bonchev–Trinajstić information content (AvgIpc) is 2.86. The van der Waals surface area contributed by atoms with E-state index in [4.69, 9.17) is 11.6 Å². The van der Waals surface area contributed by atoms with Crippen LogP contribution in [0.4, 0.5) is 5.82 Å². The van der Waals surface area contributed by atoms with Crippen LogP contribution < -0.4 is 5.32 Å². The van der Waals surface area contributed by atoms with E-state index in [1.165, 1.54) is 0 Å². The lowest BCUT2D eigenvalue weighted by Gasteiger charge is -2.07. The zero-order valence-corrected chi connectivity index (χ0v) is 11.0. The van der Waals surface area contributed by atoms with Crippen molar-refractivity contribution in [2.45, 2.75) is 6.54 Å². The van der Waals surface area contributed by atoms with Crippen LogP contribution >= 0.6 is 22.9 Å². The molecule has 3 nitrogen and oxygen atoms in total. The summed E-state index contributed by atoms with van der Waals surface area (Å²) < 4.78 is 0. The Kier molecular flexibility index (Phi) is 3.13. The Morgan fingerprint density at radius 3 is 2.94 bits per heavy atom. The predicted molar refractivity (Wildman–Crippen MR) is 76.2 cm³/mol. The summed E-state index contributed by atoms with van der Waals surface area (Å²) in [5, 5.41) is 7.13. The number of nitrogens with one attached hydrogen (secondary N) is 1. The van der Waals surface area contributed by atoms with Gasteiger partial charge in [0.15, 0.2) is 0 Å². The summed E-state index contributed by atoms with van der Waals surface area (Å²) in [6, 6.07) is 9.81. The number of benzene rings is 1. The SMILES string of the molecule is Clc1ccccc1CNc1ncnc2sccc12. The van der Waals surface area contributed by atoms with Gasteiger partial charge in [0.25, 0.3) is 0 Å². The van der Waals surface area contributed by atoms with E-state index in [9.17, 15) is 0 Å². The van der Waals surface area contributed by atoms with Gasteiger partial charge < -0.3 is 5.32 Å². The first kappa shape index (κ1) is 11.4. The molecule has 0 radical (unpaired) electrons. The van der Waals surface area contributed by atoms with E-state index in [0.29, 0.717) is 6.54 Å². The van der Waals surface area contributed by atoms with Crippen LogP contribution in [0.5, 0.6) is 0 Å². The highest BCUT2D eigenvalue weighted by Gasteiger charge is 2.05. The van der Waals surface area contributed by atoms with Crippen LogP contribution in [0.2, 0.25) is 5.02 Å². The standard InChI is InChI=1S/C13H10ClN3S/c14-11-4-2-1-3-9(11)7-15-12-10-5-6-18-13(10)17-8-16-12/h1-6,8H,7H2,(H,15,16,17). The monoisotopic (exact) mass is 275 g/mol. The molecule has 2 aromatic heterocycles. The van der Waals surface area contributed by atoms with E-state index < -0.39 is 0 Å². The molecule has 0 amide bonds. The van der Waals surface area contributed by atoms with E-state index in [1.54, 1.807) is 17.7 Å². The van der Waals surface area contributed by atoms with E-state index in [2.05, 4.69) is 15.3 Å². The molecule has 0 bridgehead atoms. The number of rotatable bonds is 3. The average molecular weight is 276 g/mol. The maximum absolute atomic E-state index is 6.12. The second-order valence-corrected chi connectivity index (χ2v) is 5.11. The van der Waals surface area contributed by atoms with Crippen molar-refractivity contribution in [2.24, 2.45) is 0 Å². The lowest BCUT2D eigenvalue weighted by molar-refractivity contribution is 1.11. The van der Waals surface area contributed by atoms with Gasteiger partial charge in [-0.25, -0.2) is 9.97 Å². The number of fused-ring (bicyclic) bond motifs is 1. The van der Waals surface area contributed by atoms with Crippen LogP contribution in [0, 0.1) is 0 Å². The normalized spacial score (nSPS) is 10.7. The van der Waals surface area contributed by atoms with Crippen molar-refractivity contribution in [3.8, 4) is 0 Å². The summed E-state index contributed by atoms with van der Waals surface area (Å²) in [5.41, 5.74) is 1.06. The maximum atomic E-state index is 6.12. The number of halogens is 1. The summed E-state index contributed by atoms with van der Waals surface area (Å²) in [6.45, 7) is 0.654. The Labute approximate surface area is 113 Å². The summed E-state index contributed by atoms with van der Waals surface area (Å²) in [6.07, 6.45) is 1.58. The summed E-state index contributed by atoms with van der Waals surface area (Å²) >= 11 is 7.73. The molecule has 0 fully saturated rings. The molecule has 3 aromatic rings. The lowest BCUT2D eigenvalue weighted by Crippen LogP contribution is -2.02. The Balaban J connectivity index is 1.85. The molecule has 0 aliphatic heterocycles. The molecule has 2 heterocycles. The number of anilines is 1. The fourth-order valence-corrected chi connectivity index (χ4v) is 2.69. The van der Waals surface area contributed by atoms with Crippen LogP contribution in [0.1, 0.15) is 5.56 Å². The Hall–Kier alpha value is -1.65. The van der Waals surface area contributed by atoms with Crippen LogP contribution in [0.15, 0.2) is 42.0 Å². The predicted octanol–water partition coefficient (Wildman–Crippen LogP) is 3.96. The van der Waals surface area contributed by atoms with Gasteiger partial charge in [-0.15, -0.1) is 11.3 Å². The Morgan fingerprint density at radius 2 is 2.06 bits per heavy atom. The molecule has 5 heteroatoms. The Bertz CT molecular complexity index is 681.